The molecule has 1 N–H and O–H groups in total. The highest BCUT2D eigenvalue weighted by molar-refractivity contribution is 6.08. The van der Waals surface area contributed by atoms with Gasteiger partial charge in [0.25, 0.3) is 11.5 Å². The second-order valence-corrected chi connectivity index (χ2v) is 8.29. The smallest absolute Gasteiger partial charge is 0.279 e. The normalized spacial score (nSPS) is 13.7. The van der Waals surface area contributed by atoms with Crippen molar-refractivity contribution >= 4 is 17.2 Å². The van der Waals surface area contributed by atoms with Crippen LogP contribution in [0.1, 0.15) is 34.1 Å². The highest BCUT2D eigenvalue weighted by atomic mass is 19.1. The summed E-state index contributed by atoms with van der Waals surface area (Å²) >= 11 is 0. The first-order valence-corrected chi connectivity index (χ1v) is 11.1. The Kier molecular flexibility index (Phi) is 5.70. The van der Waals surface area contributed by atoms with E-state index in [9.17, 15) is 18.4 Å². The van der Waals surface area contributed by atoms with Crippen molar-refractivity contribution in [3.8, 4) is 0 Å². The molecule has 0 unspecified atom stereocenters. The van der Waals surface area contributed by atoms with Crippen LogP contribution in [0.3, 0.4) is 0 Å². The van der Waals surface area contributed by atoms with Gasteiger partial charge in [-0.2, -0.15) is 9.61 Å². The van der Waals surface area contributed by atoms with Gasteiger partial charge in [0.1, 0.15) is 17.2 Å². The predicted octanol–water partition coefficient (Wildman–Crippen LogP) is 3.60. The van der Waals surface area contributed by atoms with Crippen molar-refractivity contribution in [1.29, 1.82) is 0 Å². The molecule has 0 radical (unpaired) electrons. The monoisotopic (exact) mass is 463 g/mol. The molecule has 4 aromatic rings. The van der Waals surface area contributed by atoms with Crippen molar-refractivity contribution in [2.45, 2.75) is 33.0 Å². The van der Waals surface area contributed by atoms with Crippen LogP contribution in [0.5, 0.6) is 0 Å². The number of halogens is 2. The Morgan fingerprint density at radius 1 is 1.15 bits per heavy atom. The predicted molar refractivity (Wildman–Crippen MR) is 124 cm³/mol. The van der Waals surface area contributed by atoms with E-state index in [0.717, 1.165) is 30.9 Å². The molecular weight excluding hydrogens is 440 g/mol. The molecule has 5 rings (SSSR count). The van der Waals surface area contributed by atoms with Gasteiger partial charge in [-0.15, -0.1) is 0 Å². The van der Waals surface area contributed by atoms with E-state index in [4.69, 9.17) is 0 Å². The molecule has 1 aliphatic rings. The van der Waals surface area contributed by atoms with Crippen molar-refractivity contribution in [2.24, 2.45) is 0 Å². The second-order valence-electron chi connectivity index (χ2n) is 8.29. The summed E-state index contributed by atoms with van der Waals surface area (Å²) in [4.78, 5) is 28.6. The topological polar surface area (TPSA) is 71.6 Å². The number of nitrogens with one attached hydrogen (secondary N) is 1. The molecule has 7 nitrogen and oxygen atoms in total. The molecular formula is C25H23F2N5O2. The zero-order chi connectivity index (χ0) is 23.8. The lowest BCUT2D eigenvalue weighted by Gasteiger charge is -2.30. The standard InChI is InChI=1S/C25H23F2N5O2/c1-2-31-22-10-11-30(14-16-6-4-3-5-7-16)15-19(22)25(34)32-24(31)18(13-28-32)23(33)29-21-9-8-17(26)12-20(21)27/h3-9,12-13H,2,10-11,14-15H2,1H3,(H,29,33). The van der Waals surface area contributed by atoms with Crippen molar-refractivity contribution in [2.75, 3.05) is 11.9 Å². The number of rotatable bonds is 5. The third kappa shape index (κ3) is 3.88. The van der Waals surface area contributed by atoms with Gasteiger partial charge in [-0.1, -0.05) is 30.3 Å². The Morgan fingerprint density at radius 2 is 1.94 bits per heavy atom. The molecule has 9 heteroatoms. The quantitative estimate of drug-likeness (QED) is 0.491. The van der Waals surface area contributed by atoms with E-state index < -0.39 is 17.5 Å². The highest BCUT2D eigenvalue weighted by Crippen LogP contribution is 2.23. The van der Waals surface area contributed by atoms with Crippen molar-refractivity contribution in [3.05, 3.63) is 99.1 Å². The Morgan fingerprint density at radius 3 is 2.68 bits per heavy atom. The van der Waals surface area contributed by atoms with E-state index in [1.165, 1.54) is 16.3 Å². The van der Waals surface area contributed by atoms with Gasteiger partial charge in [-0.3, -0.25) is 14.5 Å². The molecule has 1 amide bonds. The molecule has 0 fully saturated rings. The zero-order valence-corrected chi connectivity index (χ0v) is 18.6. The first-order valence-electron chi connectivity index (χ1n) is 11.1. The Balaban J connectivity index is 1.51. The first-order chi connectivity index (χ1) is 16.5. The van der Waals surface area contributed by atoms with Crippen LogP contribution in [0.15, 0.2) is 59.5 Å². The summed E-state index contributed by atoms with van der Waals surface area (Å²) in [5.74, 6) is -2.24. The number of aromatic nitrogens is 3. The largest absolute Gasteiger partial charge is 0.329 e. The summed E-state index contributed by atoms with van der Waals surface area (Å²) in [5.41, 5.74) is 2.82. The van der Waals surface area contributed by atoms with E-state index in [-0.39, 0.29) is 16.8 Å². The van der Waals surface area contributed by atoms with E-state index >= 15 is 0 Å². The molecule has 174 valence electrons. The average Bonchev–Trinajstić information content (AvgIpc) is 3.28. The van der Waals surface area contributed by atoms with Gasteiger partial charge in [0, 0.05) is 44.4 Å². The lowest BCUT2D eigenvalue weighted by Crippen LogP contribution is -2.38. The van der Waals surface area contributed by atoms with Crippen LogP contribution >= 0.6 is 0 Å². The average molecular weight is 463 g/mol. The molecule has 0 aliphatic carbocycles. The van der Waals surface area contributed by atoms with Crippen LogP contribution in [0.4, 0.5) is 14.5 Å². The van der Waals surface area contributed by atoms with Crippen LogP contribution in [0.2, 0.25) is 0 Å². The van der Waals surface area contributed by atoms with Crippen LogP contribution in [0, 0.1) is 11.6 Å². The van der Waals surface area contributed by atoms with Gasteiger partial charge in [0.15, 0.2) is 5.65 Å². The van der Waals surface area contributed by atoms with Crippen LogP contribution in [0.25, 0.3) is 5.65 Å². The van der Waals surface area contributed by atoms with Gasteiger partial charge < -0.3 is 9.88 Å². The zero-order valence-electron chi connectivity index (χ0n) is 18.6. The fourth-order valence-corrected chi connectivity index (χ4v) is 4.56. The number of anilines is 1. The number of amides is 1. The molecule has 1 aliphatic heterocycles. The minimum atomic E-state index is -0.881. The van der Waals surface area contributed by atoms with Gasteiger partial charge >= 0.3 is 0 Å². The maximum atomic E-state index is 14.1. The molecule has 0 atom stereocenters. The lowest BCUT2D eigenvalue weighted by atomic mass is 10.0. The van der Waals surface area contributed by atoms with Crippen LogP contribution < -0.4 is 10.9 Å². The summed E-state index contributed by atoms with van der Waals surface area (Å²) in [6.07, 6.45) is 1.97. The van der Waals surface area contributed by atoms with Crippen LogP contribution in [-0.2, 0) is 26.1 Å². The number of nitrogens with zero attached hydrogens (tertiary/aromatic N) is 4. The third-order valence-corrected chi connectivity index (χ3v) is 6.16. The van der Waals surface area contributed by atoms with Crippen molar-refractivity contribution in [1.82, 2.24) is 19.1 Å². The number of hydrogen-bond acceptors (Lipinski definition) is 4. The van der Waals surface area contributed by atoms with E-state index in [1.807, 2.05) is 29.7 Å². The minimum Gasteiger partial charge on any atom is -0.329 e. The highest BCUT2D eigenvalue weighted by Gasteiger charge is 2.27. The Hall–Kier alpha value is -3.85. The third-order valence-electron chi connectivity index (χ3n) is 6.16. The number of carbonyl (C=O) groups excluding carboxylic acids is 1. The van der Waals surface area contributed by atoms with E-state index in [2.05, 4.69) is 27.4 Å². The minimum absolute atomic E-state index is 0.148. The molecule has 0 saturated heterocycles. The van der Waals surface area contributed by atoms with Gasteiger partial charge in [0.2, 0.25) is 0 Å². The molecule has 3 heterocycles. The van der Waals surface area contributed by atoms with Gasteiger partial charge in [-0.25, -0.2) is 8.78 Å². The number of carbonyl (C=O) groups is 1. The Labute approximate surface area is 194 Å². The van der Waals surface area contributed by atoms with Gasteiger partial charge in [0.05, 0.1) is 17.4 Å². The maximum Gasteiger partial charge on any atom is 0.279 e. The number of aryl methyl sites for hydroxylation is 1. The molecule has 34 heavy (non-hydrogen) atoms. The first kappa shape index (κ1) is 22.0. The van der Waals surface area contributed by atoms with E-state index in [1.54, 1.807) is 0 Å². The summed E-state index contributed by atoms with van der Waals surface area (Å²) in [6.45, 7) is 4.46. The molecule has 2 aromatic heterocycles. The number of fused-ring (bicyclic) bond motifs is 2. The lowest BCUT2D eigenvalue weighted by molar-refractivity contribution is 0.102. The second kappa shape index (κ2) is 8.83. The van der Waals surface area contributed by atoms with Crippen molar-refractivity contribution in [3.63, 3.8) is 0 Å². The van der Waals surface area contributed by atoms with Crippen LogP contribution in [-0.4, -0.2) is 31.5 Å². The fourth-order valence-electron chi connectivity index (χ4n) is 4.56. The molecule has 2 aromatic carbocycles. The van der Waals surface area contributed by atoms with Gasteiger partial charge in [-0.05, 0) is 24.6 Å². The van der Waals surface area contributed by atoms with Crippen molar-refractivity contribution < 1.29 is 13.6 Å². The molecule has 0 bridgehead atoms. The number of hydrogen-bond donors (Lipinski definition) is 1. The number of benzene rings is 2. The molecule has 0 saturated carbocycles. The summed E-state index contributed by atoms with van der Waals surface area (Å²) in [7, 11) is 0. The molecule has 0 spiro atoms. The maximum absolute atomic E-state index is 14.1. The SMILES string of the molecule is CCn1c2c(c(=O)n3ncc(C(=O)Nc4ccc(F)cc4F)c13)CN(Cc1ccccc1)CC2. The summed E-state index contributed by atoms with van der Waals surface area (Å²) in [6, 6.07) is 13.0. The van der Waals surface area contributed by atoms with E-state index in [0.29, 0.717) is 36.8 Å². The Bertz CT molecular complexity index is 1450. The fraction of sp³-hybridized carbons (Fsp3) is 0.240. The summed E-state index contributed by atoms with van der Waals surface area (Å²) in [5, 5.41) is 6.65. The summed E-state index contributed by atoms with van der Waals surface area (Å²) < 4.78 is 30.4.